The predicted octanol–water partition coefficient (Wildman–Crippen LogP) is 4.50. The molecule has 352 valence electrons. The molecule has 2 fully saturated rings. The number of rotatable bonds is 15. The highest BCUT2D eigenvalue weighted by molar-refractivity contribution is 7.11. The first-order valence-electron chi connectivity index (χ1n) is 21.9. The molecule has 6 rings (SSSR count). The van der Waals surface area contributed by atoms with Crippen molar-refractivity contribution in [2.24, 2.45) is 4.99 Å². The molecule has 5 amide bonds. The number of anilines is 2. The van der Waals surface area contributed by atoms with Gasteiger partial charge >= 0.3 is 0 Å². The van der Waals surface area contributed by atoms with Gasteiger partial charge in [-0.2, -0.15) is 0 Å². The van der Waals surface area contributed by atoms with Crippen LogP contribution in [0.25, 0.3) is 0 Å². The van der Waals surface area contributed by atoms with Gasteiger partial charge in [-0.25, -0.2) is 0 Å². The van der Waals surface area contributed by atoms with Crippen molar-refractivity contribution >= 4 is 76.5 Å². The second kappa shape index (κ2) is 26.3. The van der Waals surface area contributed by atoms with Crippen LogP contribution in [0, 0.1) is 6.92 Å². The summed E-state index contributed by atoms with van der Waals surface area (Å²) in [6.07, 6.45) is 6.80. The Morgan fingerprint density at radius 2 is 1.65 bits per heavy atom. The van der Waals surface area contributed by atoms with E-state index in [9.17, 15) is 24.0 Å². The molecule has 65 heavy (non-hydrogen) atoms. The van der Waals surface area contributed by atoms with Gasteiger partial charge in [-0.1, -0.05) is 29.8 Å². The first-order chi connectivity index (χ1) is 31.3. The predicted molar refractivity (Wildman–Crippen MR) is 258 cm³/mol. The maximum absolute atomic E-state index is 13.5. The molecule has 4 heterocycles. The number of amidine groups is 1. The van der Waals surface area contributed by atoms with Crippen molar-refractivity contribution in [1.29, 1.82) is 0 Å². The van der Waals surface area contributed by atoms with Crippen LogP contribution in [0.1, 0.15) is 81.9 Å². The zero-order valence-electron chi connectivity index (χ0n) is 38.5. The molecule has 1 unspecified atom stereocenters. The molecule has 0 spiro atoms. The molecule has 19 heteroatoms. The highest BCUT2D eigenvalue weighted by atomic mass is 35.5. The van der Waals surface area contributed by atoms with Gasteiger partial charge in [0, 0.05) is 85.8 Å². The van der Waals surface area contributed by atoms with Crippen LogP contribution in [0.4, 0.5) is 11.4 Å². The maximum atomic E-state index is 13.5. The summed E-state index contributed by atoms with van der Waals surface area (Å²) in [4.78, 5) is 90.2. The third-order valence-corrected chi connectivity index (χ3v) is 12.6. The number of benzene rings is 2. The molecule has 0 bridgehead atoms. The van der Waals surface area contributed by atoms with Crippen molar-refractivity contribution in [3.63, 3.8) is 0 Å². The summed E-state index contributed by atoms with van der Waals surface area (Å²) >= 11 is 7.30. The number of carbonyl (C=O) groups excluding carboxylic acids is 6. The van der Waals surface area contributed by atoms with E-state index in [-0.39, 0.29) is 36.0 Å². The Balaban J connectivity index is 0.000000427. The average Bonchev–Trinajstić information content (AvgIpc) is 3.89. The largest absolute Gasteiger partial charge is 0.375 e. The highest BCUT2D eigenvalue weighted by Crippen LogP contribution is 2.34. The van der Waals surface area contributed by atoms with Crippen LogP contribution in [-0.4, -0.2) is 159 Å². The van der Waals surface area contributed by atoms with Crippen LogP contribution in [-0.2, 0) is 14.4 Å². The zero-order chi connectivity index (χ0) is 47.5. The van der Waals surface area contributed by atoms with Crippen molar-refractivity contribution in [2.75, 3.05) is 96.8 Å². The van der Waals surface area contributed by atoms with E-state index in [1.807, 2.05) is 56.8 Å². The normalized spacial score (nSPS) is 16.3. The Labute approximate surface area is 391 Å². The Bertz CT molecular complexity index is 2120. The lowest BCUT2D eigenvalue weighted by Crippen LogP contribution is -2.49. The molecule has 0 saturated carbocycles. The molecule has 17 nitrogen and oxygen atoms in total. The molecule has 1 atom stereocenters. The number of nitrogens with zero attached hydrogens (tertiary/aromatic N) is 7. The number of aromatic nitrogens is 1. The van der Waals surface area contributed by atoms with Crippen LogP contribution in [0.2, 0.25) is 5.02 Å². The molecular formula is C46H64ClN11O6S. The molecule has 4 N–H and O–H groups in total. The number of aryl methyl sites for hydroxylation is 1. The van der Waals surface area contributed by atoms with Crippen molar-refractivity contribution in [3.05, 3.63) is 86.6 Å². The van der Waals surface area contributed by atoms with Crippen LogP contribution in [0.5, 0.6) is 0 Å². The van der Waals surface area contributed by atoms with Gasteiger partial charge in [0.1, 0.15) is 17.5 Å². The summed E-state index contributed by atoms with van der Waals surface area (Å²) in [7, 11) is 5.25. The standard InChI is InChI=1S/C34H53N9O4.C11H9ClN2OS.CH2O/c1-25(12-13-30(44)37-5)43-33(46)27-9-6-10-28(32(27)34(43)47)41-21-23-42(24-22-41)31(45)11-7-15-39-16-8-17-40(20-19-39)18-14-29(36-4)38-26(2)35-3;1-7-3-2-4-8(12)10(7)14-11(15)9-5-13-6-16-9;1-2/h6,9-10,14,25,36H,7-8,11-13,15-24H2,1-5H3,(H,35,38)(H,37,44);2-6H,1H3,(H,14,15);1H2/b29-14-;;. The lowest BCUT2D eigenvalue weighted by molar-refractivity contribution is -0.131. The van der Waals surface area contributed by atoms with Gasteiger partial charge in [0.15, 0.2) is 0 Å². The van der Waals surface area contributed by atoms with E-state index in [0.717, 1.165) is 75.0 Å². The van der Waals surface area contributed by atoms with Gasteiger partial charge in [-0.3, -0.25) is 43.7 Å². The summed E-state index contributed by atoms with van der Waals surface area (Å²) in [6, 6.07) is 10.5. The Hall–Kier alpha value is -5.69. The summed E-state index contributed by atoms with van der Waals surface area (Å²) in [5, 5.41) is 12.4. The minimum atomic E-state index is -0.392. The maximum Gasteiger partial charge on any atom is 0.267 e. The van der Waals surface area contributed by atoms with Gasteiger partial charge in [-0.05, 0) is 89.5 Å². The van der Waals surface area contributed by atoms with E-state index in [1.165, 1.54) is 22.4 Å². The van der Waals surface area contributed by atoms with Crippen molar-refractivity contribution in [3.8, 4) is 0 Å². The second-order valence-electron chi connectivity index (χ2n) is 15.8. The number of hydrogen-bond donors (Lipinski definition) is 4. The number of nitrogens with one attached hydrogen (secondary N) is 4. The monoisotopic (exact) mass is 933 g/mol. The molecule has 0 radical (unpaired) electrons. The quantitative estimate of drug-likeness (QED) is 0.0950. The highest BCUT2D eigenvalue weighted by Gasteiger charge is 2.41. The number of carbonyl (C=O) groups is 6. The number of thiazole rings is 1. The van der Waals surface area contributed by atoms with Gasteiger partial charge < -0.3 is 40.8 Å². The summed E-state index contributed by atoms with van der Waals surface area (Å²) in [5.74, 6) is 1.07. The topological polar surface area (TPSA) is 192 Å². The number of amides is 5. The molecule has 0 aliphatic carbocycles. The Morgan fingerprint density at radius 1 is 0.938 bits per heavy atom. The Kier molecular flexibility index (Phi) is 21.0. The van der Waals surface area contributed by atoms with E-state index in [4.69, 9.17) is 16.4 Å². The van der Waals surface area contributed by atoms with Crippen LogP contribution >= 0.6 is 22.9 Å². The van der Waals surface area contributed by atoms with Gasteiger partial charge in [0.25, 0.3) is 17.7 Å². The minimum absolute atomic E-state index is 0.120. The van der Waals surface area contributed by atoms with E-state index in [1.54, 1.807) is 38.7 Å². The van der Waals surface area contributed by atoms with E-state index < -0.39 is 6.04 Å². The fourth-order valence-electron chi connectivity index (χ4n) is 7.76. The number of fused-ring (bicyclic) bond motifs is 1. The fourth-order valence-corrected chi connectivity index (χ4v) is 8.55. The average molecular weight is 935 g/mol. The van der Waals surface area contributed by atoms with E-state index >= 15 is 0 Å². The van der Waals surface area contributed by atoms with Gasteiger partial charge in [0.2, 0.25) is 11.8 Å². The molecule has 3 aromatic rings. The molecular weight excluding hydrogens is 870 g/mol. The smallest absolute Gasteiger partial charge is 0.267 e. The van der Waals surface area contributed by atoms with Gasteiger partial charge in [-0.15, -0.1) is 11.3 Å². The number of aliphatic imine (C=N–C) groups is 1. The Morgan fingerprint density at radius 3 is 2.31 bits per heavy atom. The fraction of sp³-hybridized carbons (Fsp3) is 0.478. The molecule has 3 aliphatic rings. The first kappa shape index (κ1) is 51.9. The van der Waals surface area contributed by atoms with Crippen LogP contribution in [0.3, 0.4) is 0 Å². The second-order valence-corrected chi connectivity index (χ2v) is 17.1. The zero-order valence-corrected chi connectivity index (χ0v) is 40.0. The van der Waals surface area contributed by atoms with Crippen molar-refractivity contribution in [2.45, 2.75) is 58.9 Å². The van der Waals surface area contributed by atoms with Gasteiger partial charge in [0.05, 0.1) is 45.1 Å². The number of para-hydroxylation sites is 1. The van der Waals surface area contributed by atoms with Crippen molar-refractivity contribution < 1.29 is 28.8 Å². The van der Waals surface area contributed by atoms with E-state index in [2.05, 4.69) is 52.0 Å². The lowest BCUT2D eigenvalue weighted by Gasteiger charge is -2.37. The number of imide groups is 1. The number of halogens is 1. The first-order valence-corrected chi connectivity index (χ1v) is 23.1. The molecule has 1 aromatic heterocycles. The number of hydrogen-bond acceptors (Lipinski definition) is 13. The minimum Gasteiger partial charge on any atom is -0.375 e. The summed E-state index contributed by atoms with van der Waals surface area (Å²) in [6.45, 7) is 15.9. The summed E-state index contributed by atoms with van der Waals surface area (Å²) in [5.41, 5.74) is 4.78. The van der Waals surface area contributed by atoms with E-state index in [0.29, 0.717) is 65.7 Å². The summed E-state index contributed by atoms with van der Waals surface area (Å²) < 4.78 is 0. The lowest BCUT2D eigenvalue weighted by atomic mass is 10.1. The molecule has 3 aliphatic heterocycles. The third-order valence-electron chi connectivity index (χ3n) is 11.5. The van der Waals surface area contributed by atoms with Crippen molar-refractivity contribution in [1.82, 2.24) is 40.5 Å². The van der Waals surface area contributed by atoms with Crippen LogP contribution < -0.4 is 26.2 Å². The molecule has 2 saturated heterocycles. The SMILES string of the molecule is C=O.CN=C(C)N/C(=C\CN1CCCN(CCCC(=O)N2CCN(c3cccc4c3C(=O)N(C(C)CCC(=O)NC)C4=O)CC2)CC1)NC.Cc1cccc(Cl)c1NC(=O)c1cncs1. The molecule has 2 aromatic carbocycles. The van der Waals surface area contributed by atoms with Crippen LogP contribution in [0.15, 0.2) is 65.0 Å². The number of piperazine rings is 1. The third kappa shape index (κ3) is 14.7.